The molecule has 0 aliphatic rings. The molecular weight excluding hydrogens is 481 g/mol. The third-order valence-electron chi connectivity index (χ3n) is 4.92. The van der Waals surface area contributed by atoms with Crippen LogP contribution >= 0.6 is 34.8 Å². The van der Waals surface area contributed by atoms with E-state index in [0.29, 0.717) is 32.7 Å². The Morgan fingerprint density at radius 3 is 2.06 bits per heavy atom. The molecule has 9 heteroatoms. The van der Waals surface area contributed by atoms with E-state index in [0.717, 1.165) is 34.9 Å². The van der Waals surface area contributed by atoms with Crippen molar-refractivity contribution in [2.75, 3.05) is 5.32 Å². The lowest BCUT2D eigenvalue weighted by Crippen LogP contribution is -2.35. The second-order valence-corrected chi connectivity index (χ2v) is 8.23. The first-order chi connectivity index (χ1) is 15.1. The van der Waals surface area contributed by atoms with E-state index >= 15 is 0 Å². The fourth-order valence-electron chi connectivity index (χ4n) is 3.19. The summed E-state index contributed by atoms with van der Waals surface area (Å²) in [7, 11) is 0. The van der Waals surface area contributed by atoms with Gasteiger partial charge in [-0.15, -0.1) is 0 Å². The monoisotopic (exact) mass is 496 g/mol. The van der Waals surface area contributed by atoms with Gasteiger partial charge in [-0.1, -0.05) is 46.9 Å². The molecule has 32 heavy (non-hydrogen) atoms. The SMILES string of the molecule is Cc1cc(NC(=O)NC(=O)c2c(F)cccc2F)c(C)c(Cl)c1Cc1c(Cl)cccc1Cl. The van der Waals surface area contributed by atoms with Crippen LogP contribution in [0, 0.1) is 25.5 Å². The summed E-state index contributed by atoms with van der Waals surface area (Å²) in [6.45, 7) is 3.49. The zero-order chi connectivity index (χ0) is 23.6. The lowest BCUT2D eigenvalue weighted by molar-refractivity contribution is 0.0959. The zero-order valence-corrected chi connectivity index (χ0v) is 19.2. The van der Waals surface area contributed by atoms with Crippen LogP contribution in [0.3, 0.4) is 0 Å². The third-order valence-corrected chi connectivity index (χ3v) is 6.14. The Morgan fingerprint density at radius 1 is 0.906 bits per heavy atom. The van der Waals surface area contributed by atoms with Gasteiger partial charge in [-0.05, 0) is 66.4 Å². The molecule has 0 unspecified atom stereocenters. The molecule has 0 aliphatic heterocycles. The van der Waals surface area contributed by atoms with Crippen molar-refractivity contribution in [2.24, 2.45) is 0 Å². The first kappa shape index (κ1) is 24.0. The number of hydrogen-bond donors (Lipinski definition) is 2. The summed E-state index contributed by atoms with van der Waals surface area (Å²) >= 11 is 19.1. The minimum absolute atomic E-state index is 0.334. The number of imide groups is 1. The Kier molecular flexibility index (Phi) is 7.39. The molecule has 0 aliphatic carbocycles. The van der Waals surface area contributed by atoms with Crippen molar-refractivity contribution in [2.45, 2.75) is 20.3 Å². The van der Waals surface area contributed by atoms with Crippen molar-refractivity contribution >= 4 is 52.4 Å². The Morgan fingerprint density at radius 2 is 1.47 bits per heavy atom. The van der Waals surface area contributed by atoms with Crippen molar-refractivity contribution < 1.29 is 18.4 Å². The van der Waals surface area contributed by atoms with Gasteiger partial charge in [0.2, 0.25) is 0 Å². The molecule has 0 radical (unpaired) electrons. The fourth-order valence-corrected chi connectivity index (χ4v) is 4.04. The highest BCUT2D eigenvalue weighted by Gasteiger charge is 2.21. The number of benzene rings is 3. The van der Waals surface area contributed by atoms with E-state index in [9.17, 15) is 18.4 Å². The Labute approximate surface area is 198 Å². The minimum Gasteiger partial charge on any atom is -0.307 e. The van der Waals surface area contributed by atoms with Gasteiger partial charge in [-0.3, -0.25) is 10.1 Å². The number of hydrogen-bond acceptors (Lipinski definition) is 2. The standard InChI is InChI=1S/C23H17Cl3F2N2O2/c1-11-9-19(29-23(32)30-22(31)20-17(27)7-4-8-18(20)28)12(2)21(26)13(11)10-14-15(24)5-3-6-16(14)25/h3-9H,10H2,1-2H3,(H2,29,30,31,32). The molecule has 0 fully saturated rings. The van der Waals surface area contributed by atoms with E-state index in [-0.39, 0.29) is 0 Å². The van der Waals surface area contributed by atoms with Gasteiger partial charge in [0.05, 0.1) is 0 Å². The number of rotatable bonds is 4. The molecule has 3 aromatic carbocycles. The predicted octanol–water partition coefficient (Wildman–Crippen LogP) is 7.09. The van der Waals surface area contributed by atoms with Crippen LogP contribution in [0.5, 0.6) is 0 Å². The lowest BCUT2D eigenvalue weighted by Gasteiger charge is -2.17. The van der Waals surface area contributed by atoms with Gasteiger partial charge in [-0.25, -0.2) is 13.6 Å². The van der Waals surface area contributed by atoms with E-state index in [1.807, 2.05) is 5.32 Å². The van der Waals surface area contributed by atoms with Gasteiger partial charge in [0.15, 0.2) is 0 Å². The molecule has 0 saturated carbocycles. The van der Waals surface area contributed by atoms with Crippen LogP contribution in [0.15, 0.2) is 42.5 Å². The van der Waals surface area contributed by atoms with Gasteiger partial charge in [0.1, 0.15) is 17.2 Å². The summed E-state index contributed by atoms with van der Waals surface area (Å²) in [6.07, 6.45) is 0.377. The highest BCUT2D eigenvalue weighted by atomic mass is 35.5. The van der Waals surface area contributed by atoms with E-state index < -0.39 is 29.1 Å². The Balaban J connectivity index is 1.82. The number of carbonyl (C=O) groups is 2. The second-order valence-electron chi connectivity index (χ2n) is 7.04. The summed E-state index contributed by atoms with van der Waals surface area (Å²) < 4.78 is 27.5. The smallest absolute Gasteiger partial charge is 0.307 e. The third kappa shape index (κ3) is 5.04. The first-order valence-corrected chi connectivity index (χ1v) is 10.5. The number of nitrogens with one attached hydrogen (secondary N) is 2. The van der Waals surface area contributed by atoms with Crippen molar-refractivity contribution in [1.82, 2.24) is 5.32 Å². The van der Waals surface area contributed by atoms with Crippen molar-refractivity contribution in [3.05, 3.63) is 97.0 Å². The van der Waals surface area contributed by atoms with Crippen LogP contribution in [-0.2, 0) is 6.42 Å². The summed E-state index contributed by atoms with van der Waals surface area (Å²) in [5.74, 6) is -3.36. The molecule has 0 spiro atoms. The highest BCUT2D eigenvalue weighted by molar-refractivity contribution is 6.36. The number of aryl methyl sites for hydroxylation is 1. The number of urea groups is 1. The van der Waals surface area contributed by atoms with Crippen LogP contribution in [0.1, 0.15) is 32.6 Å². The van der Waals surface area contributed by atoms with Crippen molar-refractivity contribution in [3.8, 4) is 0 Å². The van der Waals surface area contributed by atoms with E-state index in [2.05, 4.69) is 5.32 Å². The maximum absolute atomic E-state index is 13.8. The maximum atomic E-state index is 13.8. The number of halogens is 5. The molecule has 0 aromatic heterocycles. The normalized spacial score (nSPS) is 10.7. The van der Waals surface area contributed by atoms with Crippen molar-refractivity contribution in [3.63, 3.8) is 0 Å². The first-order valence-electron chi connectivity index (χ1n) is 9.38. The van der Waals surface area contributed by atoms with E-state index in [1.54, 1.807) is 38.1 Å². The average Bonchev–Trinajstić information content (AvgIpc) is 2.71. The minimum atomic E-state index is -1.21. The molecule has 3 rings (SSSR count). The summed E-state index contributed by atoms with van der Waals surface area (Å²) in [5.41, 5.74) is 2.26. The van der Waals surface area contributed by atoms with E-state index in [4.69, 9.17) is 34.8 Å². The molecule has 0 bridgehead atoms. The van der Waals surface area contributed by atoms with Gasteiger partial charge < -0.3 is 5.32 Å². The highest BCUT2D eigenvalue weighted by Crippen LogP contribution is 2.35. The average molecular weight is 498 g/mol. The Hall–Kier alpha value is -2.67. The number of anilines is 1. The van der Waals surface area contributed by atoms with Crippen molar-refractivity contribution in [1.29, 1.82) is 0 Å². The molecule has 4 nitrogen and oxygen atoms in total. The Bertz CT molecular complexity index is 1190. The number of amides is 3. The molecule has 0 saturated heterocycles. The van der Waals surface area contributed by atoms with Crippen LogP contribution in [0.4, 0.5) is 19.3 Å². The maximum Gasteiger partial charge on any atom is 0.326 e. The summed E-state index contributed by atoms with van der Waals surface area (Å²) in [5, 5.41) is 5.81. The van der Waals surface area contributed by atoms with Gasteiger partial charge in [0.25, 0.3) is 5.91 Å². The topological polar surface area (TPSA) is 58.2 Å². The fraction of sp³-hybridized carbons (Fsp3) is 0.130. The molecular formula is C23H17Cl3F2N2O2. The molecule has 2 N–H and O–H groups in total. The second kappa shape index (κ2) is 9.86. The quantitative estimate of drug-likeness (QED) is 0.404. The molecule has 0 heterocycles. The largest absolute Gasteiger partial charge is 0.326 e. The zero-order valence-electron chi connectivity index (χ0n) is 17.0. The summed E-state index contributed by atoms with van der Waals surface area (Å²) in [6, 6.07) is 8.89. The van der Waals surface area contributed by atoms with Crippen LogP contribution < -0.4 is 10.6 Å². The van der Waals surface area contributed by atoms with Crippen LogP contribution in [-0.4, -0.2) is 11.9 Å². The van der Waals surface area contributed by atoms with E-state index in [1.165, 1.54) is 0 Å². The molecule has 0 atom stereocenters. The summed E-state index contributed by atoms with van der Waals surface area (Å²) in [4.78, 5) is 24.4. The van der Waals surface area contributed by atoms with Gasteiger partial charge in [-0.2, -0.15) is 0 Å². The van der Waals surface area contributed by atoms with Crippen LogP contribution in [0.2, 0.25) is 15.1 Å². The lowest BCUT2D eigenvalue weighted by atomic mass is 9.97. The molecule has 166 valence electrons. The predicted molar refractivity (Wildman–Crippen MR) is 123 cm³/mol. The van der Waals surface area contributed by atoms with Gasteiger partial charge >= 0.3 is 6.03 Å². The van der Waals surface area contributed by atoms with Crippen LogP contribution in [0.25, 0.3) is 0 Å². The molecule has 3 aromatic rings. The molecule has 3 amide bonds. The number of carbonyl (C=O) groups excluding carboxylic acids is 2. The van der Waals surface area contributed by atoms with Gasteiger partial charge in [0, 0.05) is 27.2 Å².